The van der Waals surface area contributed by atoms with Gasteiger partial charge in [0.2, 0.25) is 0 Å². The zero-order valence-electron chi connectivity index (χ0n) is 29.6. The molecule has 0 saturated carbocycles. The number of fused-ring (bicyclic) bond motifs is 3. The van der Waals surface area contributed by atoms with Gasteiger partial charge in [0.15, 0.2) is 5.82 Å². The van der Waals surface area contributed by atoms with Crippen molar-refractivity contribution in [2.24, 2.45) is 0 Å². The fourth-order valence-corrected chi connectivity index (χ4v) is 7.82. The van der Waals surface area contributed by atoms with Crippen LogP contribution >= 0.6 is 0 Å². The normalized spacial score (nSPS) is 12.5. The van der Waals surface area contributed by atoms with Crippen molar-refractivity contribution >= 4 is 0 Å². The Kier molecular flexibility index (Phi) is 7.87. The Bertz CT molecular complexity index is 2610. The molecule has 0 fully saturated rings. The first-order valence-corrected chi connectivity index (χ1v) is 18.0. The average Bonchev–Trinajstić information content (AvgIpc) is 3.47. The maximum Gasteiger partial charge on any atom is 0.160 e. The molecule has 7 aromatic carbocycles. The molecular weight excluding hydrogens is 643 g/mol. The van der Waals surface area contributed by atoms with Crippen molar-refractivity contribution in [3.63, 3.8) is 0 Å². The predicted molar refractivity (Wildman–Crippen MR) is 217 cm³/mol. The van der Waals surface area contributed by atoms with Crippen LogP contribution in [0.3, 0.4) is 0 Å². The molecule has 1 aromatic heterocycles. The largest absolute Gasteiger partial charge is 0.228 e. The molecule has 8 aromatic rings. The summed E-state index contributed by atoms with van der Waals surface area (Å²) in [5.41, 5.74) is 17.5. The molecule has 53 heavy (non-hydrogen) atoms. The van der Waals surface area contributed by atoms with E-state index in [2.05, 4.69) is 135 Å². The summed E-state index contributed by atoms with van der Waals surface area (Å²) in [6.07, 6.45) is 0. The highest BCUT2D eigenvalue weighted by atomic mass is 14.9. The van der Waals surface area contributed by atoms with Crippen LogP contribution in [0.15, 0.2) is 176 Å². The van der Waals surface area contributed by atoms with Gasteiger partial charge >= 0.3 is 0 Å². The number of hydrogen-bond acceptors (Lipinski definition) is 3. The van der Waals surface area contributed by atoms with E-state index in [1.165, 1.54) is 33.4 Å². The van der Waals surface area contributed by atoms with Crippen LogP contribution in [0.4, 0.5) is 0 Å². The van der Waals surface area contributed by atoms with Crippen LogP contribution in [0.5, 0.6) is 0 Å². The zero-order valence-corrected chi connectivity index (χ0v) is 29.6. The van der Waals surface area contributed by atoms with E-state index < -0.39 is 0 Å². The molecule has 0 radical (unpaired) electrons. The first-order valence-electron chi connectivity index (χ1n) is 18.0. The number of hydrogen-bond donors (Lipinski definition) is 0. The second-order valence-electron chi connectivity index (χ2n) is 14.1. The molecule has 0 unspecified atom stereocenters. The molecule has 0 aliphatic heterocycles. The molecule has 250 valence electrons. The maximum atomic E-state index is 9.39. The highest BCUT2D eigenvalue weighted by Crippen LogP contribution is 2.54. The van der Waals surface area contributed by atoms with Crippen LogP contribution < -0.4 is 0 Å². The number of rotatable bonds is 6. The van der Waals surface area contributed by atoms with Gasteiger partial charge in [0.25, 0.3) is 0 Å². The summed E-state index contributed by atoms with van der Waals surface area (Å²) in [6.45, 7) is 4.66. The van der Waals surface area contributed by atoms with Crippen molar-refractivity contribution in [1.29, 1.82) is 5.26 Å². The molecular formula is C50H35N3. The molecule has 1 aliphatic carbocycles. The van der Waals surface area contributed by atoms with Gasteiger partial charge in [-0.25, -0.2) is 9.97 Å². The van der Waals surface area contributed by atoms with Gasteiger partial charge in [-0.2, -0.15) is 5.26 Å². The van der Waals surface area contributed by atoms with Crippen LogP contribution in [-0.4, -0.2) is 9.97 Å². The van der Waals surface area contributed by atoms with E-state index in [1.54, 1.807) is 0 Å². The Morgan fingerprint density at radius 2 is 0.981 bits per heavy atom. The number of nitrogens with zero attached hydrogens (tertiary/aromatic N) is 3. The van der Waals surface area contributed by atoms with Gasteiger partial charge in [-0.05, 0) is 79.9 Å². The second-order valence-corrected chi connectivity index (χ2v) is 14.1. The lowest BCUT2D eigenvalue weighted by molar-refractivity contribution is 0.660. The number of aromatic nitrogens is 2. The molecule has 3 heteroatoms. The summed E-state index contributed by atoms with van der Waals surface area (Å²) in [5, 5.41) is 9.39. The van der Waals surface area contributed by atoms with Gasteiger partial charge in [0, 0.05) is 22.1 Å². The minimum absolute atomic E-state index is 0.131. The monoisotopic (exact) mass is 677 g/mol. The van der Waals surface area contributed by atoms with E-state index in [9.17, 15) is 5.26 Å². The average molecular weight is 678 g/mol. The van der Waals surface area contributed by atoms with Crippen molar-refractivity contribution in [2.45, 2.75) is 19.3 Å². The van der Waals surface area contributed by atoms with Crippen molar-refractivity contribution in [2.75, 3.05) is 0 Å². The first kappa shape index (κ1) is 32.0. The van der Waals surface area contributed by atoms with Crippen LogP contribution in [0.25, 0.3) is 78.4 Å². The lowest BCUT2D eigenvalue weighted by atomic mass is 9.80. The maximum absolute atomic E-state index is 9.39. The molecule has 0 bridgehead atoms. The van der Waals surface area contributed by atoms with Crippen LogP contribution in [-0.2, 0) is 5.41 Å². The molecule has 0 atom stereocenters. The van der Waals surface area contributed by atoms with E-state index in [-0.39, 0.29) is 5.41 Å². The van der Waals surface area contributed by atoms with Crippen molar-refractivity contribution < 1.29 is 0 Å². The minimum Gasteiger partial charge on any atom is -0.228 e. The Morgan fingerprint density at radius 3 is 1.68 bits per heavy atom. The zero-order chi connectivity index (χ0) is 35.9. The summed E-state index contributed by atoms with van der Waals surface area (Å²) >= 11 is 0. The molecule has 9 rings (SSSR count). The molecule has 0 saturated heterocycles. The van der Waals surface area contributed by atoms with Gasteiger partial charge in [0.1, 0.15) is 0 Å². The smallest absolute Gasteiger partial charge is 0.160 e. The third-order valence-electron chi connectivity index (χ3n) is 10.6. The summed E-state index contributed by atoms with van der Waals surface area (Å²) < 4.78 is 0. The van der Waals surface area contributed by atoms with Gasteiger partial charge in [-0.1, -0.05) is 166 Å². The molecule has 1 aliphatic rings. The summed E-state index contributed by atoms with van der Waals surface area (Å²) in [6, 6.07) is 63.7. The van der Waals surface area contributed by atoms with E-state index in [0.29, 0.717) is 11.4 Å². The third kappa shape index (κ3) is 5.72. The lowest BCUT2D eigenvalue weighted by Crippen LogP contribution is -2.14. The highest BCUT2D eigenvalue weighted by Gasteiger charge is 2.37. The first-order chi connectivity index (χ1) is 26.0. The Labute approximate surface area is 310 Å². The SMILES string of the molecule is CC1(C)c2ccccc2-c2c1ccc(-c1ccc(-c3cc(-c4ccccc4)nc(-c4ccccc4)n3)cc1)c2-c1cccc(-c2ccc(C#N)cc2)c1. The van der Waals surface area contributed by atoms with E-state index in [4.69, 9.17) is 9.97 Å². The van der Waals surface area contributed by atoms with Crippen LogP contribution in [0.1, 0.15) is 30.5 Å². The molecule has 0 amide bonds. The fraction of sp³-hybridized carbons (Fsp3) is 0.0600. The molecule has 3 nitrogen and oxygen atoms in total. The van der Waals surface area contributed by atoms with E-state index in [0.717, 1.165) is 50.3 Å². The van der Waals surface area contributed by atoms with E-state index >= 15 is 0 Å². The topological polar surface area (TPSA) is 49.6 Å². The van der Waals surface area contributed by atoms with Gasteiger partial charge < -0.3 is 0 Å². The fourth-order valence-electron chi connectivity index (χ4n) is 7.82. The van der Waals surface area contributed by atoms with Gasteiger partial charge in [0.05, 0.1) is 23.0 Å². The van der Waals surface area contributed by atoms with Crippen LogP contribution in [0, 0.1) is 11.3 Å². The molecule has 0 spiro atoms. The Hall–Kier alpha value is -6.89. The van der Waals surface area contributed by atoms with E-state index in [1.807, 2.05) is 60.7 Å². The quantitative estimate of drug-likeness (QED) is 0.176. The summed E-state index contributed by atoms with van der Waals surface area (Å²) in [7, 11) is 0. The van der Waals surface area contributed by atoms with Crippen molar-refractivity contribution in [3.8, 4) is 84.5 Å². The third-order valence-corrected chi connectivity index (χ3v) is 10.6. The Balaban J connectivity index is 1.20. The lowest BCUT2D eigenvalue weighted by Gasteiger charge is -2.23. The minimum atomic E-state index is -0.131. The molecule has 1 heterocycles. The van der Waals surface area contributed by atoms with Crippen LogP contribution in [0.2, 0.25) is 0 Å². The molecule has 0 N–H and O–H groups in total. The summed E-state index contributed by atoms with van der Waals surface area (Å²) in [4.78, 5) is 10.1. The highest BCUT2D eigenvalue weighted by molar-refractivity contribution is 6.00. The van der Waals surface area contributed by atoms with Gasteiger partial charge in [-0.3, -0.25) is 0 Å². The standard InChI is InChI=1S/C50H35N3/c1-50(2)43-19-10-9-18-42(43)48-44(50)29-28-41(47(48)40-17-11-16-39(30-40)34-22-20-33(32-51)21-23-34)35-24-26-37(27-25-35)46-31-45(36-12-5-3-6-13-36)52-49(53-46)38-14-7-4-8-15-38/h3-31H,1-2H3. The predicted octanol–water partition coefficient (Wildman–Crippen LogP) is 12.7. The number of nitriles is 1. The van der Waals surface area contributed by atoms with Crippen molar-refractivity contribution in [3.05, 3.63) is 193 Å². The Morgan fingerprint density at radius 1 is 0.415 bits per heavy atom. The van der Waals surface area contributed by atoms with Gasteiger partial charge in [-0.15, -0.1) is 0 Å². The second kappa shape index (κ2) is 13.0. The van der Waals surface area contributed by atoms with Crippen molar-refractivity contribution in [1.82, 2.24) is 9.97 Å². The number of benzene rings is 7. The summed E-state index contributed by atoms with van der Waals surface area (Å²) in [5.74, 6) is 0.704.